The number of aliphatic carboxylic acids is 1. The maximum absolute atomic E-state index is 11.1. The lowest BCUT2D eigenvalue weighted by Crippen LogP contribution is -2.22. The molecule has 0 radical (unpaired) electrons. The summed E-state index contributed by atoms with van der Waals surface area (Å²) in [4.78, 5) is 29.4. The van der Waals surface area contributed by atoms with Crippen molar-refractivity contribution in [1.29, 1.82) is 0 Å². The highest BCUT2D eigenvalue weighted by atomic mass is 79.9. The second-order valence-electron chi connectivity index (χ2n) is 3.12. The van der Waals surface area contributed by atoms with Crippen molar-refractivity contribution in [3.05, 3.63) is 20.7 Å². The molecule has 1 aromatic rings. The average molecular weight is 276 g/mol. The van der Waals surface area contributed by atoms with Crippen LogP contribution >= 0.6 is 15.9 Å². The van der Waals surface area contributed by atoms with Crippen LogP contribution in [0.1, 0.15) is 5.69 Å². The lowest BCUT2D eigenvalue weighted by Gasteiger charge is -2.14. The van der Waals surface area contributed by atoms with Crippen LogP contribution in [0.5, 0.6) is 0 Å². The van der Waals surface area contributed by atoms with Crippen LogP contribution in [0, 0.1) is 0 Å². The maximum atomic E-state index is 11.1. The van der Waals surface area contributed by atoms with Gasteiger partial charge in [0.25, 0.3) is 0 Å². The summed E-state index contributed by atoms with van der Waals surface area (Å²) in [5.74, 6) is -0.600. The number of H-pyrrole nitrogens is 1. The molecule has 82 valence electrons. The minimum atomic E-state index is -1.01. The van der Waals surface area contributed by atoms with Crippen molar-refractivity contribution in [2.24, 2.45) is 0 Å². The molecule has 0 aliphatic carbocycles. The SMILES string of the molecule is CN(C)c1nc(=O)[nH]c(CC(=O)O)c1Br. The number of halogens is 1. The van der Waals surface area contributed by atoms with E-state index in [1.807, 2.05) is 0 Å². The summed E-state index contributed by atoms with van der Waals surface area (Å²) in [6, 6.07) is 0. The van der Waals surface area contributed by atoms with Gasteiger partial charge in [0.15, 0.2) is 0 Å². The van der Waals surface area contributed by atoms with Crippen LogP contribution < -0.4 is 10.6 Å². The van der Waals surface area contributed by atoms with Gasteiger partial charge in [-0.1, -0.05) is 0 Å². The van der Waals surface area contributed by atoms with Crippen molar-refractivity contribution >= 4 is 27.7 Å². The number of aromatic amines is 1. The summed E-state index contributed by atoms with van der Waals surface area (Å²) < 4.78 is 0.495. The second kappa shape index (κ2) is 4.43. The van der Waals surface area contributed by atoms with Crippen LogP contribution in [0.2, 0.25) is 0 Å². The highest BCUT2D eigenvalue weighted by Crippen LogP contribution is 2.23. The van der Waals surface area contributed by atoms with Gasteiger partial charge in [0.05, 0.1) is 10.9 Å². The molecule has 0 aliphatic heterocycles. The fourth-order valence-corrected chi connectivity index (χ4v) is 1.74. The molecule has 1 heterocycles. The number of carbonyl (C=O) groups is 1. The minimum absolute atomic E-state index is 0.251. The second-order valence-corrected chi connectivity index (χ2v) is 3.92. The maximum Gasteiger partial charge on any atom is 0.347 e. The Balaban J connectivity index is 3.28. The van der Waals surface area contributed by atoms with E-state index in [0.29, 0.717) is 16.0 Å². The number of hydrogen-bond acceptors (Lipinski definition) is 4. The summed E-state index contributed by atoms with van der Waals surface area (Å²) in [7, 11) is 3.44. The van der Waals surface area contributed by atoms with Crippen molar-refractivity contribution in [1.82, 2.24) is 9.97 Å². The zero-order chi connectivity index (χ0) is 11.6. The quantitative estimate of drug-likeness (QED) is 0.825. The highest BCUT2D eigenvalue weighted by Gasteiger charge is 2.13. The first kappa shape index (κ1) is 11.7. The standard InChI is InChI=1S/C8H10BrN3O3/c1-12(2)7-6(9)4(3-5(13)14)10-8(15)11-7/h3H2,1-2H3,(H,13,14)(H,10,11,15). The Kier molecular flexibility index (Phi) is 3.46. The first-order valence-electron chi connectivity index (χ1n) is 4.09. The van der Waals surface area contributed by atoms with Gasteiger partial charge in [-0.25, -0.2) is 4.79 Å². The van der Waals surface area contributed by atoms with Gasteiger partial charge >= 0.3 is 11.7 Å². The summed E-state index contributed by atoms with van der Waals surface area (Å²) in [5.41, 5.74) is -0.246. The summed E-state index contributed by atoms with van der Waals surface area (Å²) in [6.45, 7) is 0. The molecule has 0 fully saturated rings. The van der Waals surface area contributed by atoms with Crippen molar-refractivity contribution < 1.29 is 9.90 Å². The number of nitrogens with zero attached hydrogens (tertiary/aromatic N) is 2. The summed E-state index contributed by atoms with van der Waals surface area (Å²) in [6.07, 6.45) is -0.251. The van der Waals surface area contributed by atoms with Crippen LogP contribution in [0.15, 0.2) is 9.27 Å². The number of carboxylic acid groups (broad SMARTS) is 1. The van der Waals surface area contributed by atoms with Crippen LogP contribution in [0.3, 0.4) is 0 Å². The van der Waals surface area contributed by atoms with E-state index >= 15 is 0 Å². The number of hydrogen-bond donors (Lipinski definition) is 2. The molecule has 0 unspecified atom stereocenters. The number of rotatable bonds is 3. The fraction of sp³-hybridized carbons (Fsp3) is 0.375. The van der Waals surface area contributed by atoms with E-state index in [1.54, 1.807) is 19.0 Å². The first-order valence-corrected chi connectivity index (χ1v) is 4.89. The van der Waals surface area contributed by atoms with Crippen LogP contribution in [0.4, 0.5) is 5.82 Å². The van der Waals surface area contributed by atoms with E-state index < -0.39 is 11.7 Å². The zero-order valence-electron chi connectivity index (χ0n) is 8.24. The molecule has 1 rings (SSSR count). The van der Waals surface area contributed by atoms with Gasteiger partial charge in [0.1, 0.15) is 5.82 Å². The summed E-state index contributed by atoms with van der Waals surface area (Å²) in [5, 5.41) is 8.63. The number of nitrogens with one attached hydrogen (secondary N) is 1. The van der Waals surface area contributed by atoms with E-state index in [4.69, 9.17) is 5.11 Å². The van der Waals surface area contributed by atoms with Crippen molar-refractivity contribution in [2.75, 3.05) is 19.0 Å². The molecule has 1 aromatic heterocycles. The average Bonchev–Trinajstić information content (AvgIpc) is 2.09. The Labute approximate surface area is 94.1 Å². The lowest BCUT2D eigenvalue weighted by atomic mass is 10.3. The minimum Gasteiger partial charge on any atom is -0.481 e. The van der Waals surface area contributed by atoms with Crippen molar-refractivity contribution in [3.63, 3.8) is 0 Å². The van der Waals surface area contributed by atoms with Gasteiger partial charge in [-0.05, 0) is 15.9 Å². The predicted molar refractivity (Wildman–Crippen MR) is 58.2 cm³/mol. The number of anilines is 1. The third-order valence-electron chi connectivity index (χ3n) is 1.68. The smallest absolute Gasteiger partial charge is 0.347 e. The molecule has 0 saturated carbocycles. The van der Waals surface area contributed by atoms with Gasteiger partial charge in [-0.3, -0.25) is 4.79 Å². The van der Waals surface area contributed by atoms with E-state index in [9.17, 15) is 9.59 Å². The Morgan fingerprint density at radius 2 is 2.20 bits per heavy atom. The van der Waals surface area contributed by atoms with E-state index in [1.165, 1.54) is 0 Å². The van der Waals surface area contributed by atoms with Gasteiger partial charge < -0.3 is 15.0 Å². The van der Waals surface area contributed by atoms with E-state index in [0.717, 1.165) is 0 Å². The van der Waals surface area contributed by atoms with Gasteiger partial charge in [0, 0.05) is 19.8 Å². The molecule has 0 amide bonds. The molecular weight excluding hydrogens is 266 g/mol. The van der Waals surface area contributed by atoms with Crippen molar-refractivity contribution in [2.45, 2.75) is 6.42 Å². The molecule has 0 aromatic carbocycles. The third-order valence-corrected chi connectivity index (χ3v) is 2.51. The molecule has 0 spiro atoms. The highest BCUT2D eigenvalue weighted by molar-refractivity contribution is 9.10. The lowest BCUT2D eigenvalue weighted by molar-refractivity contribution is -0.136. The Morgan fingerprint density at radius 3 is 2.67 bits per heavy atom. The van der Waals surface area contributed by atoms with E-state index in [2.05, 4.69) is 25.9 Å². The molecular formula is C8H10BrN3O3. The van der Waals surface area contributed by atoms with Crippen LogP contribution in [-0.2, 0) is 11.2 Å². The van der Waals surface area contributed by atoms with Crippen LogP contribution in [-0.4, -0.2) is 35.1 Å². The first-order chi connectivity index (χ1) is 6.91. The topological polar surface area (TPSA) is 86.3 Å². The predicted octanol–water partition coefficient (Wildman–Crippen LogP) is 0.226. The molecule has 0 saturated heterocycles. The molecule has 0 aliphatic rings. The largest absolute Gasteiger partial charge is 0.481 e. The number of aromatic nitrogens is 2. The molecule has 2 N–H and O–H groups in total. The molecule has 15 heavy (non-hydrogen) atoms. The van der Waals surface area contributed by atoms with Crippen molar-refractivity contribution in [3.8, 4) is 0 Å². The van der Waals surface area contributed by atoms with Gasteiger partial charge in [-0.15, -0.1) is 0 Å². The third kappa shape index (κ3) is 2.79. The molecule has 6 nitrogen and oxygen atoms in total. The molecule has 7 heteroatoms. The van der Waals surface area contributed by atoms with E-state index in [-0.39, 0.29) is 6.42 Å². The zero-order valence-corrected chi connectivity index (χ0v) is 9.83. The molecule has 0 atom stereocenters. The fourth-order valence-electron chi connectivity index (χ4n) is 1.06. The monoisotopic (exact) mass is 275 g/mol. The Morgan fingerprint density at radius 1 is 1.60 bits per heavy atom. The molecule has 0 bridgehead atoms. The van der Waals surface area contributed by atoms with Crippen LogP contribution in [0.25, 0.3) is 0 Å². The van der Waals surface area contributed by atoms with Gasteiger partial charge in [0.2, 0.25) is 0 Å². The normalized spacial score (nSPS) is 10.1. The summed E-state index contributed by atoms with van der Waals surface area (Å²) >= 11 is 3.21. The Hall–Kier alpha value is -1.37. The van der Waals surface area contributed by atoms with Gasteiger partial charge in [-0.2, -0.15) is 4.98 Å². The number of carboxylic acids is 1. The Bertz CT molecular complexity index is 441.